The van der Waals surface area contributed by atoms with Crippen LogP contribution in [0.5, 0.6) is 0 Å². The summed E-state index contributed by atoms with van der Waals surface area (Å²) in [6.07, 6.45) is 2.58. The molecule has 0 unspecified atom stereocenters. The molecular weight excluding hydrogens is 254 g/mol. The minimum absolute atomic E-state index is 0.234. The van der Waals surface area contributed by atoms with Crippen LogP contribution in [0.3, 0.4) is 0 Å². The Kier molecular flexibility index (Phi) is 3.72. The predicted molar refractivity (Wildman–Crippen MR) is 77.6 cm³/mol. The molecule has 5 heteroatoms. The van der Waals surface area contributed by atoms with E-state index >= 15 is 0 Å². The third-order valence-corrected chi connectivity index (χ3v) is 4.68. The molecule has 0 bridgehead atoms. The fourth-order valence-electron chi connectivity index (χ4n) is 3.55. The van der Waals surface area contributed by atoms with Gasteiger partial charge in [-0.2, -0.15) is 0 Å². The molecule has 1 aromatic rings. The summed E-state index contributed by atoms with van der Waals surface area (Å²) in [5.74, 6) is 0.753. The first kappa shape index (κ1) is 13.5. The lowest BCUT2D eigenvalue weighted by atomic mass is 9.94. The molecule has 2 aliphatic rings. The van der Waals surface area contributed by atoms with Crippen LogP contribution in [0.2, 0.25) is 0 Å². The zero-order valence-corrected chi connectivity index (χ0v) is 11.8. The molecular formula is C15H21N3O2. The molecule has 1 N–H and O–H groups in total. The maximum Gasteiger partial charge on any atom is 0.272 e. The van der Waals surface area contributed by atoms with Crippen LogP contribution in [0.1, 0.15) is 24.0 Å². The first-order chi connectivity index (χ1) is 9.65. The number of benzene rings is 1. The highest BCUT2D eigenvalue weighted by atomic mass is 16.6. The lowest BCUT2D eigenvalue weighted by Crippen LogP contribution is -2.40. The van der Waals surface area contributed by atoms with Gasteiger partial charge in [-0.25, -0.2) is 0 Å². The monoisotopic (exact) mass is 275 g/mol. The van der Waals surface area contributed by atoms with Crippen LogP contribution in [0.15, 0.2) is 18.2 Å². The molecule has 0 spiro atoms. The van der Waals surface area contributed by atoms with Crippen LogP contribution in [0.25, 0.3) is 0 Å². The van der Waals surface area contributed by atoms with Crippen molar-refractivity contribution in [2.75, 3.05) is 19.6 Å². The van der Waals surface area contributed by atoms with E-state index in [0.717, 1.165) is 43.2 Å². The van der Waals surface area contributed by atoms with Crippen molar-refractivity contribution in [2.24, 2.45) is 5.92 Å². The number of rotatable bonds is 3. The van der Waals surface area contributed by atoms with Gasteiger partial charge in [-0.15, -0.1) is 0 Å². The van der Waals surface area contributed by atoms with Crippen molar-refractivity contribution >= 4 is 5.69 Å². The molecule has 2 atom stereocenters. The number of piperidine rings is 1. The third-order valence-electron chi connectivity index (χ3n) is 4.68. The van der Waals surface area contributed by atoms with Crippen LogP contribution >= 0.6 is 0 Å². The minimum atomic E-state index is -0.288. The summed E-state index contributed by atoms with van der Waals surface area (Å²) in [5, 5.41) is 14.6. The molecule has 0 radical (unpaired) electrons. The second kappa shape index (κ2) is 5.50. The van der Waals surface area contributed by atoms with E-state index in [0.29, 0.717) is 6.04 Å². The van der Waals surface area contributed by atoms with Gasteiger partial charge in [0.1, 0.15) is 0 Å². The van der Waals surface area contributed by atoms with Gasteiger partial charge in [0.15, 0.2) is 0 Å². The third kappa shape index (κ3) is 2.55. The summed E-state index contributed by atoms with van der Waals surface area (Å²) in [7, 11) is 0. The molecule has 1 aromatic carbocycles. The van der Waals surface area contributed by atoms with Gasteiger partial charge in [-0.1, -0.05) is 12.1 Å². The molecule has 20 heavy (non-hydrogen) atoms. The molecule has 0 amide bonds. The fraction of sp³-hybridized carbons (Fsp3) is 0.600. The van der Waals surface area contributed by atoms with E-state index in [2.05, 4.69) is 10.2 Å². The van der Waals surface area contributed by atoms with Gasteiger partial charge in [0.2, 0.25) is 0 Å². The molecule has 2 aliphatic heterocycles. The number of nitrogens with zero attached hydrogens (tertiary/aromatic N) is 2. The Morgan fingerprint density at radius 1 is 1.45 bits per heavy atom. The van der Waals surface area contributed by atoms with Crippen LogP contribution < -0.4 is 5.32 Å². The zero-order valence-electron chi connectivity index (χ0n) is 11.8. The number of nitrogens with one attached hydrogen (secondary N) is 1. The first-order valence-corrected chi connectivity index (χ1v) is 7.34. The summed E-state index contributed by atoms with van der Waals surface area (Å²) >= 11 is 0. The van der Waals surface area contributed by atoms with Crippen molar-refractivity contribution in [1.82, 2.24) is 10.2 Å². The number of nitro groups is 1. The molecule has 2 heterocycles. The average Bonchev–Trinajstić information content (AvgIpc) is 2.83. The zero-order chi connectivity index (χ0) is 14.1. The van der Waals surface area contributed by atoms with E-state index in [1.807, 2.05) is 13.0 Å². The van der Waals surface area contributed by atoms with E-state index in [1.165, 1.54) is 12.8 Å². The number of hydrogen-bond donors (Lipinski definition) is 1. The summed E-state index contributed by atoms with van der Waals surface area (Å²) < 4.78 is 0. The second-order valence-corrected chi connectivity index (χ2v) is 5.98. The van der Waals surface area contributed by atoms with Crippen molar-refractivity contribution in [3.63, 3.8) is 0 Å². The normalized spacial score (nSPS) is 26.4. The lowest BCUT2D eigenvalue weighted by Gasteiger charge is -2.24. The number of hydrogen-bond acceptors (Lipinski definition) is 4. The van der Waals surface area contributed by atoms with Crippen LogP contribution in [0.4, 0.5) is 5.69 Å². The number of likely N-dealkylation sites (tertiary alicyclic amines) is 1. The fourth-order valence-corrected chi connectivity index (χ4v) is 3.55. The van der Waals surface area contributed by atoms with Crippen molar-refractivity contribution in [2.45, 2.75) is 32.4 Å². The van der Waals surface area contributed by atoms with Crippen molar-refractivity contribution in [1.29, 1.82) is 0 Å². The standard InChI is InChI=1S/C15H21N3O2/c1-11-12(4-2-6-15(11)18(19)20)8-17-9-13-5-3-7-16-14(13)10-17/h2,4,6,13-14,16H,3,5,7-10H2,1H3/t13-,14+/m0/s1. The topological polar surface area (TPSA) is 58.4 Å². The van der Waals surface area contributed by atoms with Crippen molar-refractivity contribution < 1.29 is 4.92 Å². The molecule has 2 saturated heterocycles. The Labute approximate surface area is 119 Å². The summed E-state index contributed by atoms with van der Waals surface area (Å²) in [6.45, 7) is 5.98. The Morgan fingerprint density at radius 2 is 2.30 bits per heavy atom. The first-order valence-electron chi connectivity index (χ1n) is 7.34. The van der Waals surface area contributed by atoms with Gasteiger partial charge in [-0.3, -0.25) is 15.0 Å². The molecule has 2 fully saturated rings. The highest BCUT2D eigenvalue weighted by Gasteiger charge is 2.34. The molecule has 108 valence electrons. The maximum atomic E-state index is 11.0. The molecule has 3 rings (SSSR count). The van der Waals surface area contributed by atoms with E-state index in [-0.39, 0.29) is 10.6 Å². The highest BCUT2D eigenvalue weighted by Crippen LogP contribution is 2.28. The van der Waals surface area contributed by atoms with Gasteiger partial charge >= 0.3 is 0 Å². The van der Waals surface area contributed by atoms with E-state index < -0.39 is 0 Å². The van der Waals surface area contributed by atoms with Gasteiger partial charge in [0.25, 0.3) is 5.69 Å². The van der Waals surface area contributed by atoms with Crippen LogP contribution in [0, 0.1) is 23.0 Å². The average molecular weight is 275 g/mol. The summed E-state index contributed by atoms with van der Waals surface area (Å²) in [4.78, 5) is 13.1. The Hall–Kier alpha value is -1.46. The van der Waals surface area contributed by atoms with E-state index in [9.17, 15) is 10.1 Å². The van der Waals surface area contributed by atoms with Crippen molar-refractivity contribution in [3.8, 4) is 0 Å². The Bertz CT molecular complexity index is 504. The van der Waals surface area contributed by atoms with Crippen LogP contribution in [-0.2, 0) is 6.54 Å². The largest absolute Gasteiger partial charge is 0.312 e. The summed E-state index contributed by atoms with van der Waals surface area (Å²) in [5.41, 5.74) is 2.12. The number of nitro benzene ring substituents is 1. The molecule has 0 saturated carbocycles. The minimum Gasteiger partial charge on any atom is -0.312 e. The van der Waals surface area contributed by atoms with Crippen LogP contribution in [-0.4, -0.2) is 35.5 Å². The Balaban J connectivity index is 1.72. The van der Waals surface area contributed by atoms with E-state index in [4.69, 9.17) is 0 Å². The van der Waals surface area contributed by atoms with Crippen molar-refractivity contribution in [3.05, 3.63) is 39.4 Å². The van der Waals surface area contributed by atoms with Gasteiger partial charge in [0.05, 0.1) is 4.92 Å². The number of fused-ring (bicyclic) bond motifs is 1. The molecule has 0 aliphatic carbocycles. The lowest BCUT2D eigenvalue weighted by molar-refractivity contribution is -0.385. The smallest absolute Gasteiger partial charge is 0.272 e. The molecule has 0 aromatic heterocycles. The van der Waals surface area contributed by atoms with Gasteiger partial charge in [0, 0.05) is 37.3 Å². The Morgan fingerprint density at radius 3 is 3.05 bits per heavy atom. The quantitative estimate of drug-likeness (QED) is 0.678. The predicted octanol–water partition coefficient (Wildman–Crippen LogP) is 2.09. The van der Waals surface area contributed by atoms with E-state index in [1.54, 1.807) is 12.1 Å². The van der Waals surface area contributed by atoms with Gasteiger partial charge in [-0.05, 0) is 37.8 Å². The highest BCUT2D eigenvalue weighted by molar-refractivity contribution is 5.44. The van der Waals surface area contributed by atoms with Gasteiger partial charge < -0.3 is 5.32 Å². The molecule has 5 nitrogen and oxygen atoms in total. The SMILES string of the molecule is Cc1c(CN2C[C@@H]3CCCN[C@@H]3C2)cccc1[N+](=O)[O-]. The maximum absolute atomic E-state index is 11.0. The summed E-state index contributed by atoms with van der Waals surface area (Å²) in [6, 6.07) is 6.01. The second-order valence-electron chi connectivity index (χ2n) is 5.98.